The van der Waals surface area contributed by atoms with Crippen LogP contribution < -0.4 is 5.32 Å². The number of amides is 1. The maximum absolute atomic E-state index is 12.2. The fourth-order valence-corrected chi connectivity index (χ4v) is 2.31. The van der Waals surface area contributed by atoms with Crippen LogP contribution in [0.15, 0.2) is 18.5 Å². The van der Waals surface area contributed by atoms with Gasteiger partial charge in [-0.25, -0.2) is 9.50 Å². The lowest BCUT2D eigenvalue weighted by Gasteiger charge is -2.08. The molecule has 0 aliphatic heterocycles. The van der Waals surface area contributed by atoms with Gasteiger partial charge in [-0.05, 0) is 26.7 Å². The average Bonchev–Trinajstić information content (AvgIpc) is 3.13. The summed E-state index contributed by atoms with van der Waals surface area (Å²) in [6.07, 6.45) is 4.83. The van der Waals surface area contributed by atoms with Gasteiger partial charge in [0.05, 0.1) is 28.8 Å². The first kappa shape index (κ1) is 14.2. The Balaban J connectivity index is 1.59. The van der Waals surface area contributed by atoms with Crippen LogP contribution in [0, 0.1) is 13.8 Å². The van der Waals surface area contributed by atoms with E-state index in [1.807, 2.05) is 13.8 Å². The lowest BCUT2D eigenvalue weighted by atomic mass is 10.2. The molecule has 0 unspecified atom stereocenters. The second-order valence-electron chi connectivity index (χ2n) is 5.07. The lowest BCUT2D eigenvalue weighted by Crippen LogP contribution is -2.26. The first-order valence-corrected chi connectivity index (χ1v) is 7.10. The number of hydrogen-bond donors (Lipinski definition) is 2. The number of nitrogens with one attached hydrogen (secondary N) is 2. The molecule has 0 spiro atoms. The predicted molar refractivity (Wildman–Crippen MR) is 79.5 cm³/mol. The van der Waals surface area contributed by atoms with Crippen molar-refractivity contribution in [2.75, 3.05) is 6.54 Å². The highest BCUT2D eigenvalue weighted by Gasteiger charge is 2.12. The second kappa shape index (κ2) is 5.92. The van der Waals surface area contributed by atoms with Crippen LogP contribution in [-0.2, 0) is 6.42 Å². The minimum Gasteiger partial charge on any atom is -0.352 e. The number of aryl methyl sites for hydroxylation is 3. The Labute approximate surface area is 127 Å². The van der Waals surface area contributed by atoms with E-state index in [-0.39, 0.29) is 5.91 Å². The molecular formula is C14H17N7O. The van der Waals surface area contributed by atoms with Gasteiger partial charge in [-0.3, -0.25) is 4.79 Å². The number of carbonyl (C=O) groups is 1. The number of aromatic nitrogens is 6. The third-order valence-electron chi connectivity index (χ3n) is 3.60. The zero-order valence-corrected chi connectivity index (χ0v) is 12.5. The number of aromatic amines is 1. The van der Waals surface area contributed by atoms with Gasteiger partial charge in [0, 0.05) is 18.8 Å². The fraction of sp³-hybridized carbons (Fsp3) is 0.357. The van der Waals surface area contributed by atoms with Crippen LogP contribution in [0.5, 0.6) is 0 Å². The van der Waals surface area contributed by atoms with Crippen molar-refractivity contribution in [2.24, 2.45) is 0 Å². The molecule has 0 atom stereocenters. The molecule has 0 aromatic carbocycles. The van der Waals surface area contributed by atoms with Crippen molar-refractivity contribution in [2.45, 2.75) is 26.7 Å². The van der Waals surface area contributed by atoms with Crippen molar-refractivity contribution < 1.29 is 4.79 Å². The Kier molecular flexibility index (Phi) is 3.82. The third-order valence-corrected chi connectivity index (χ3v) is 3.60. The smallest absolute Gasteiger partial charge is 0.254 e. The summed E-state index contributed by atoms with van der Waals surface area (Å²) in [5.41, 5.74) is 3.88. The van der Waals surface area contributed by atoms with Gasteiger partial charge in [0.25, 0.3) is 5.91 Å². The minimum absolute atomic E-state index is 0.140. The molecule has 0 fully saturated rings. The van der Waals surface area contributed by atoms with E-state index in [4.69, 9.17) is 0 Å². The monoisotopic (exact) mass is 299 g/mol. The summed E-state index contributed by atoms with van der Waals surface area (Å²) >= 11 is 0. The van der Waals surface area contributed by atoms with E-state index in [9.17, 15) is 4.79 Å². The van der Waals surface area contributed by atoms with Crippen LogP contribution in [0.3, 0.4) is 0 Å². The number of carbonyl (C=O) groups excluding carboxylic acids is 1. The Morgan fingerprint density at radius 3 is 3.00 bits per heavy atom. The van der Waals surface area contributed by atoms with Crippen molar-refractivity contribution in [1.29, 1.82) is 0 Å². The van der Waals surface area contributed by atoms with Crippen LogP contribution in [0.4, 0.5) is 0 Å². The number of hydrogen-bond acceptors (Lipinski definition) is 5. The van der Waals surface area contributed by atoms with Crippen molar-refractivity contribution in [3.05, 3.63) is 41.1 Å². The summed E-state index contributed by atoms with van der Waals surface area (Å²) in [5.74, 6) is -0.140. The van der Waals surface area contributed by atoms with E-state index in [1.165, 1.54) is 0 Å². The first-order chi connectivity index (χ1) is 10.7. The molecule has 8 nitrogen and oxygen atoms in total. The number of rotatable bonds is 5. The van der Waals surface area contributed by atoms with Gasteiger partial charge >= 0.3 is 0 Å². The third kappa shape index (κ3) is 2.67. The van der Waals surface area contributed by atoms with Gasteiger partial charge in [0.2, 0.25) is 0 Å². The average molecular weight is 299 g/mol. The zero-order chi connectivity index (χ0) is 15.5. The molecule has 114 valence electrons. The molecule has 0 saturated heterocycles. The quantitative estimate of drug-likeness (QED) is 0.679. The van der Waals surface area contributed by atoms with Crippen molar-refractivity contribution >= 4 is 11.6 Å². The molecule has 1 amide bonds. The van der Waals surface area contributed by atoms with E-state index >= 15 is 0 Å². The summed E-state index contributed by atoms with van der Waals surface area (Å²) in [6.45, 7) is 4.34. The van der Waals surface area contributed by atoms with E-state index in [0.717, 1.165) is 35.6 Å². The molecule has 3 rings (SSSR count). The number of nitrogens with zero attached hydrogens (tertiary/aromatic N) is 5. The number of fused-ring (bicyclic) bond motifs is 1. The Bertz CT molecular complexity index is 804. The molecule has 0 radical (unpaired) electrons. The van der Waals surface area contributed by atoms with Gasteiger partial charge in [-0.2, -0.15) is 20.5 Å². The maximum Gasteiger partial charge on any atom is 0.254 e. The van der Waals surface area contributed by atoms with Crippen LogP contribution >= 0.6 is 0 Å². The SMILES string of the molecule is Cc1n[nH]nc1CCCNC(=O)c1cnc2ccnn2c1C. The standard InChI is InChI=1S/C14H17N7O/c1-9-12(19-20-18-9)4-3-6-15-14(22)11-8-16-13-5-7-17-21(13)10(11)2/h5,7-8H,3-4,6H2,1-2H3,(H,15,22)(H,18,19,20). The van der Waals surface area contributed by atoms with Crippen LogP contribution in [0.25, 0.3) is 5.65 Å². The molecule has 3 aromatic rings. The van der Waals surface area contributed by atoms with Gasteiger partial charge in [-0.15, -0.1) is 0 Å². The number of H-pyrrole nitrogens is 1. The summed E-state index contributed by atoms with van der Waals surface area (Å²) in [5, 5.41) is 17.7. The largest absolute Gasteiger partial charge is 0.352 e. The van der Waals surface area contributed by atoms with E-state index < -0.39 is 0 Å². The summed E-state index contributed by atoms with van der Waals surface area (Å²) < 4.78 is 1.66. The van der Waals surface area contributed by atoms with Crippen LogP contribution in [0.1, 0.15) is 33.9 Å². The van der Waals surface area contributed by atoms with Gasteiger partial charge < -0.3 is 5.32 Å². The molecule has 2 N–H and O–H groups in total. The highest BCUT2D eigenvalue weighted by molar-refractivity contribution is 5.95. The fourth-order valence-electron chi connectivity index (χ4n) is 2.31. The molecule has 0 aliphatic carbocycles. The predicted octanol–water partition coefficient (Wildman–Crippen LogP) is 0.827. The second-order valence-corrected chi connectivity index (χ2v) is 5.07. The van der Waals surface area contributed by atoms with Gasteiger partial charge in [0.1, 0.15) is 0 Å². The van der Waals surface area contributed by atoms with E-state index in [0.29, 0.717) is 12.1 Å². The highest BCUT2D eigenvalue weighted by Crippen LogP contribution is 2.09. The lowest BCUT2D eigenvalue weighted by molar-refractivity contribution is 0.0951. The first-order valence-electron chi connectivity index (χ1n) is 7.10. The molecular weight excluding hydrogens is 282 g/mol. The zero-order valence-electron chi connectivity index (χ0n) is 12.5. The molecule has 3 heterocycles. The molecule has 0 bridgehead atoms. The highest BCUT2D eigenvalue weighted by atomic mass is 16.1. The van der Waals surface area contributed by atoms with Crippen molar-refractivity contribution in [3.63, 3.8) is 0 Å². The normalized spacial score (nSPS) is 11.0. The maximum atomic E-state index is 12.2. The minimum atomic E-state index is -0.140. The topological polar surface area (TPSA) is 101 Å². The van der Waals surface area contributed by atoms with Crippen LogP contribution in [-0.4, -0.2) is 42.5 Å². The van der Waals surface area contributed by atoms with E-state index in [1.54, 1.807) is 23.0 Å². The summed E-state index contributed by atoms with van der Waals surface area (Å²) in [7, 11) is 0. The summed E-state index contributed by atoms with van der Waals surface area (Å²) in [6, 6.07) is 1.80. The Morgan fingerprint density at radius 1 is 1.36 bits per heavy atom. The molecule has 22 heavy (non-hydrogen) atoms. The van der Waals surface area contributed by atoms with E-state index in [2.05, 4.69) is 30.8 Å². The Morgan fingerprint density at radius 2 is 2.23 bits per heavy atom. The summed E-state index contributed by atoms with van der Waals surface area (Å²) in [4.78, 5) is 16.5. The Hall–Kier alpha value is -2.77. The molecule has 3 aromatic heterocycles. The van der Waals surface area contributed by atoms with Crippen LogP contribution in [0.2, 0.25) is 0 Å². The van der Waals surface area contributed by atoms with Crippen molar-refractivity contribution in [3.8, 4) is 0 Å². The van der Waals surface area contributed by atoms with Gasteiger partial charge in [-0.1, -0.05) is 0 Å². The molecule has 0 aliphatic rings. The molecule has 8 heteroatoms. The van der Waals surface area contributed by atoms with Gasteiger partial charge in [0.15, 0.2) is 5.65 Å². The van der Waals surface area contributed by atoms with Crippen molar-refractivity contribution in [1.82, 2.24) is 35.3 Å². The molecule has 0 saturated carbocycles.